The average molecular weight is 212 g/mol. The van der Waals surface area contributed by atoms with E-state index in [1.807, 2.05) is 0 Å². The smallest absolute Gasteiger partial charge is 0.0348 e. The molecule has 0 aromatic heterocycles. The second-order valence-corrected chi connectivity index (χ2v) is 4.84. The van der Waals surface area contributed by atoms with Gasteiger partial charge in [-0.05, 0) is 19.9 Å². The molecule has 2 heteroatoms. The van der Waals surface area contributed by atoms with E-state index in [4.69, 9.17) is 0 Å². The van der Waals surface area contributed by atoms with Crippen molar-refractivity contribution in [2.75, 3.05) is 19.6 Å². The first kappa shape index (κ1) is 13.0. The lowest BCUT2D eigenvalue weighted by Crippen LogP contribution is -2.59. The summed E-state index contributed by atoms with van der Waals surface area (Å²) in [5, 5.41) is 3.37. The van der Waals surface area contributed by atoms with Crippen LogP contribution in [0.25, 0.3) is 0 Å². The summed E-state index contributed by atoms with van der Waals surface area (Å²) in [6.07, 6.45) is 6.96. The van der Waals surface area contributed by atoms with E-state index in [2.05, 4.69) is 31.0 Å². The van der Waals surface area contributed by atoms with Crippen LogP contribution in [0.2, 0.25) is 0 Å². The standard InChI is InChI=1S/C13H28N2/c1-4-6-7-8-9-12(3)15(5-2)13-10-14-11-13/h12-14H,4-11H2,1-3H3. The molecule has 90 valence electrons. The number of hydrogen-bond acceptors (Lipinski definition) is 2. The summed E-state index contributed by atoms with van der Waals surface area (Å²) in [5.41, 5.74) is 0. The predicted molar refractivity (Wildman–Crippen MR) is 67.3 cm³/mol. The number of nitrogens with zero attached hydrogens (tertiary/aromatic N) is 1. The van der Waals surface area contributed by atoms with Gasteiger partial charge in [0.2, 0.25) is 0 Å². The molecule has 0 aliphatic carbocycles. The van der Waals surface area contributed by atoms with E-state index in [9.17, 15) is 0 Å². The Labute approximate surface area is 95.4 Å². The summed E-state index contributed by atoms with van der Waals surface area (Å²) in [6, 6.07) is 1.59. The maximum Gasteiger partial charge on any atom is 0.0348 e. The van der Waals surface area contributed by atoms with Crippen LogP contribution in [0.1, 0.15) is 52.9 Å². The molecule has 1 saturated heterocycles. The molecule has 0 amide bonds. The second kappa shape index (κ2) is 7.24. The normalized spacial score (nSPS) is 19.2. The van der Waals surface area contributed by atoms with E-state index in [1.54, 1.807) is 0 Å². The van der Waals surface area contributed by atoms with Gasteiger partial charge in [0.05, 0.1) is 0 Å². The van der Waals surface area contributed by atoms with Crippen molar-refractivity contribution in [2.45, 2.75) is 65.0 Å². The number of unbranched alkanes of at least 4 members (excludes halogenated alkanes) is 3. The summed E-state index contributed by atoms with van der Waals surface area (Å²) < 4.78 is 0. The van der Waals surface area contributed by atoms with Crippen molar-refractivity contribution in [1.29, 1.82) is 0 Å². The van der Waals surface area contributed by atoms with Crippen molar-refractivity contribution in [2.24, 2.45) is 0 Å². The molecule has 1 fully saturated rings. The molecule has 0 radical (unpaired) electrons. The molecule has 1 atom stereocenters. The zero-order valence-electron chi connectivity index (χ0n) is 10.8. The Bertz CT molecular complexity index is 155. The van der Waals surface area contributed by atoms with E-state index in [0.717, 1.165) is 12.1 Å². The van der Waals surface area contributed by atoms with Gasteiger partial charge in [-0.1, -0.05) is 39.5 Å². The summed E-state index contributed by atoms with van der Waals surface area (Å²) in [5.74, 6) is 0. The second-order valence-electron chi connectivity index (χ2n) is 4.84. The molecule has 1 aliphatic rings. The molecule has 1 N–H and O–H groups in total. The van der Waals surface area contributed by atoms with E-state index in [0.29, 0.717) is 0 Å². The van der Waals surface area contributed by atoms with Crippen LogP contribution in [0, 0.1) is 0 Å². The molecule has 1 rings (SSSR count). The summed E-state index contributed by atoms with van der Waals surface area (Å²) >= 11 is 0. The monoisotopic (exact) mass is 212 g/mol. The molecule has 15 heavy (non-hydrogen) atoms. The third kappa shape index (κ3) is 4.12. The average Bonchev–Trinajstić information content (AvgIpc) is 2.17. The van der Waals surface area contributed by atoms with Gasteiger partial charge in [0.15, 0.2) is 0 Å². The fourth-order valence-electron chi connectivity index (χ4n) is 2.47. The maximum absolute atomic E-state index is 3.37. The number of likely N-dealkylation sites (N-methyl/N-ethyl adjacent to an activating group) is 1. The summed E-state index contributed by atoms with van der Waals surface area (Å²) in [7, 11) is 0. The molecule has 0 aromatic carbocycles. The first-order valence-electron chi connectivity index (χ1n) is 6.76. The zero-order chi connectivity index (χ0) is 11.1. The van der Waals surface area contributed by atoms with Crippen LogP contribution in [0.5, 0.6) is 0 Å². The third-order valence-electron chi connectivity index (χ3n) is 3.64. The van der Waals surface area contributed by atoms with Crippen LogP contribution in [0.4, 0.5) is 0 Å². The van der Waals surface area contributed by atoms with Gasteiger partial charge in [-0.3, -0.25) is 4.90 Å². The van der Waals surface area contributed by atoms with Gasteiger partial charge in [-0.2, -0.15) is 0 Å². The minimum absolute atomic E-state index is 0.777. The lowest BCUT2D eigenvalue weighted by Gasteiger charge is -2.41. The number of hydrogen-bond donors (Lipinski definition) is 1. The van der Waals surface area contributed by atoms with Crippen LogP contribution in [0.15, 0.2) is 0 Å². The fourth-order valence-corrected chi connectivity index (χ4v) is 2.47. The van der Waals surface area contributed by atoms with E-state index < -0.39 is 0 Å². The quantitative estimate of drug-likeness (QED) is 0.622. The maximum atomic E-state index is 3.37. The Hall–Kier alpha value is -0.0800. The minimum Gasteiger partial charge on any atom is -0.314 e. The Morgan fingerprint density at radius 1 is 1.20 bits per heavy atom. The molecule has 0 aromatic rings. The van der Waals surface area contributed by atoms with Crippen LogP contribution in [-0.2, 0) is 0 Å². The Morgan fingerprint density at radius 3 is 2.40 bits per heavy atom. The summed E-state index contributed by atoms with van der Waals surface area (Å²) in [6.45, 7) is 10.6. The van der Waals surface area contributed by atoms with Gasteiger partial charge in [-0.15, -0.1) is 0 Å². The van der Waals surface area contributed by atoms with Gasteiger partial charge < -0.3 is 5.32 Å². The van der Waals surface area contributed by atoms with E-state index >= 15 is 0 Å². The lowest BCUT2D eigenvalue weighted by atomic mass is 10.0. The van der Waals surface area contributed by atoms with Crippen molar-refractivity contribution in [1.82, 2.24) is 10.2 Å². The molecule has 0 spiro atoms. The van der Waals surface area contributed by atoms with Gasteiger partial charge in [0.25, 0.3) is 0 Å². The topological polar surface area (TPSA) is 15.3 Å². The van der Waals surface area contributed by atoms with Gasteiger partial charge in [-0.25, -0.2) is 0 Å². The zero-order valence-corrected chi connectivity index (χ0v) is 10.8. The van der Waals surface area contributed by atoms with Crippen molar-refractivity contribution in [3.05, 3.63) is 0 Å². The van der Waals surface area contributed by atoms with Crippen molar-refractivity contribution < 1.29 is 0 Å². The molecule has 2 nitrogen and oxygen atoms in total. The first-order chi connectivity index (χ1) is 7.29. The molecule has 1 unspecified atom stereocenters. The minimum atomic E-state index is 0.777. The van der Waals surface area contributed by atoms with Gasteiger partial charge >= 0.3 is 0 Å². The van der Waals surface area contributed by atoms with Crippen LogP contribution < -0.4 is 5.32 Å². The van der Waals surface area contributed by atoms with Crippen molar-refractivity contribution >= 4 is 0 Å². The number of rotatable bonds is 8. The molecule has 0 bridgehead atoms. The first-order valence-corrected chi connectivity index (χ1v) is 6.76. The summed E-state index contributed by atoms with van der Waals surface area (Å²) in [4.78, 5) is 2.67. The molecular formula is C13H28N2. The van der Waals surface area contributed by atoms with Crippen molar-refractivity contribution in [3.63, 3.8) is 0 Å². The third-order valence-corrected chi connectivity index (χ3v) is 3.64. The van der Waals surface area contributed by atoms with E-state index in [-0.39, 0.29) is 0 Å². The largest absolute Gasteiger partial charge is 0.314 e. The highest BCUT2D eigenvalue weighted by molar-refractivity contribution is 4.86. The predicted octanol–water partition coefficient (Wildman–Crippen LogP) is 2.64. The van der Waals surface area contributed by atoms with Gasteiger partial charge in [0, 0.05) is 25.2 Å². The van der Waals surface area contributed by atoms with E-state index in [1.165, 1.54) is 51.7 Å². The Balaban J connectivity index is 2.14. The lowest BCUT2D eigenvalue weighted by molar-refractivity contribution is 0.103. The molecule has 1 aliphatic heterocycles. The highest BCUT2D eigenvalue weighted by Gasteiger charge is 2.26. The fraction of sp³-hybridized carbons (Fsp3) is 1.00. The molecule has 0 saturated carbocycles. The Morgan fingerprint density at radius 2 is 1.93 bits per heavy atom. The molecule has 1 heterocycles. The van der Waals surface area contributed by atoms with Crippen LogP contribution in [0.3, 0.4) is 0 Å². The highest BCUT2D eigenvalue weighted by atomic mass is 15.2. The van der Waals surface area contributed by atoms with Crippen LogP contribution >= 0.6 is 0 Å². The number of nitrogens with one attached hydrogen (secondary N) is 1. The SMILES string of the molecule is CCCCCCC(C)N(CC)C1CNC1. The molecular weight excluding hydrogens is 184 g/mol. The Kier molecular flexibility index (Phi) is 6.26. The highest BCUT2D eigenvalue weighted by Crippen LogP contribution is 2.15. The van der Waals surface area contributed by atoms with Crippen LogP contribution in [-0.4, -0.2) is 36.6 Å². The van der Waals surface area contributed by atoms with Crippen molar-refractivity contribution in [3.8, 4) is 0 Å². The van der Waals surface area contributed by atoms with Gasteiger partial charge in [0.1, 0.15) is 0 Å².